The maximum Gasteiger partial charge on any atom is 0.170 e. The van der Waals surface area contributed by atoms with Gasteiger partial charge in [0, 0.05) is 18.7 Å². The van der Waals surface area contributed by atoms with Crippen molar-refractivity contribution in [1.29, 1.82) is 0 Å². The lowest BCUT2D eigenvalue weighted by molar-refractivity contribution is 0.156. The molecule has 0 radical (unpaired) electrons. The van der Waals surface area contributed by atoms with Gasteiger partial charge in [-0.15, -0.1) is 0 Å². The minimum atomic E-state index is 0.169. The molecule has 0 aliphatic heterocycles. The summed E-state index contributed by atoms with van der Waals surface area (Å²) in [4.78, 5) is 0. The van der Waals surface area contributed by atoms with Gasteiger partial charge < -0.3 is 16.3 Å². The first-order valence-electron chi connectivity index (χ1n) is 6.41. The Labute approximate surface area is 108 Å². The number of oxime groups is 1. The van der Waals surface area contributed by atoms with E-state index in [1.54, 1.807) is 0 Å². The standard InChI is InChI=1S/C14H21N3O/c1-14(7-4-8-14)10-16-9-11-5-2-3-6-12(11)13(15)17-18/h2-3,5-6,16,18H,4,7-10H2,1H3,(H2,15,17). The summed E-state index contributed by atoms with van der Waals surface area (Å²) in [5.41, 5.74) is 7.99. The van der Waals surface area contributed by atoms with Crippen LogP contribution in [0.2, 0.25) is 0 Å². The molecule has 0 unspecified atom stereocenters. The Kier molecular flexibility index (Phi) is 3.87. The van der Waals surface area contributed by atoms with Crippen LogP contribution in [0.3, 0.4) is 0 Å². The van der Waals surface area contributed by atoms with Gasteiger partial charge in [-0.3, -0.25) is 0 Å². The number of nitrogens with one attached hydrogen (secondary N) is 1. The van der Waals surface area contributed by atoms with Crippen LogP contribution < -0.4 is 11.1 Å². The van der Waals surface area contributed by atoms with Crippen LogP contribution in [0.15, 0.2) is 29.4 Å². The van der Waals surface area contributed by atoms with E-state index < -0.39 is 0 Å². The molecule has 0 aromatic heterocycles. The maximum atomic E-state index is 8.76. The highest BCUT2D eigenvalue weighted by Gasteiger charge is 2.30. The van der Waals surface area contributed by atoms with E-state index in [0.717, 1.165) is 24.2 Å². The molecule has 0 spiro atoms. The van der Waals surface area contributed by atoms with Crippen molar-refractivity contribution in [2.75, 3.05) is 6.54 Å². The number of benzene rings is 1. The van der Waals surface area contributed by atoms with Gasteiger partial charge in [-0.05, 0) is 23.8 Å². The van der Waals surface area contributed by atoms with E-state index in [1.807, 2.05) is 24.3 Å². The fraction of sp³-hybridized carbons (Fsp3) is 0.500. The topological polar surface area (TPSA) is 70.6 Å². The first-order valence-corrected chi connectivity index (χ1v) is 6.41. The van der Waals surface area contributed by atoms with E-state index in [2.05, 4.69) is 17.4 Å². The highest BCUT2D eigenvalue weighted by Crippen LogP contribution is 2.39. The van der Waals surface area contributed by atoms with Gasteiger partial charge in [0.1, 0.15) is 0 Å². The van der Waals surface area contributed by atoms with Crippen LogP contribution in [0.1, 0.15) is 37.3 Å². The zero-order valence-corrected chi connectivity index (χ0v) is 10.8. The van der Waals surface area contributed by atoms with Crippen molar-refractivity contribution in [3.05, 3.63) is 35.4 Å². The summed E-state index contributed by atoms with van der Waals surface area (Å²) in [6, 6.07) is 7.74. The van der Waals surface area contributed by atoms with E-state index in [9.17, 15) is 0 Å². The summed E-state index contributed by atoms with van der Waals surface area (Å²) in [6.45, 7) is 4.10. The molecular formula is C14H21N3O. The summed E-state index contributed by atoms with van der Waals surface area (Å²) in [5, 5.41) is 15.3. The molecule has 1 aromatic carbocycles. The Morgan fingerprint density at radius 3 is 2.78 bits per heavy atom. The lowest BCUT2D eigenvalue weighted by atomic mass is 9.70. The van der Waals surface area contributed by atoms with Crippen LogP contribution in [-0.4, -0.2) is 17.6 Å². The quantitative estimate of drug-likeness (QED) is 0.323. The molecule has 2 rings (SSSR count). The molecule has 0 atom stereocenters. The predicted octanol–water partition coefficient (Wildman–Crippen LogP) is 2.06. The molecule has 0 bridgehead atoms. The van der Waals surface area contributed by atoms with Crippen LogP contribution in [0.5, 0.6) is 0 Å². The molecule has 1 aliphatic carbocycles. The predicted molar refractivity (Wildman–Crippen MR) is 72.6 cm³/mol. The van der Waals surface area contributed by atoms with Crippen LogP contribution in [-0.2, 0) is 6.54 Å². The highest BCUT2D eigenvalue weighted by atomic mass is 16.4. The molecule has 0 amide bonds. The van der Waals surface area contributed by atoms with Gasteiger partial charge in [-0.1, -0.05) is 42.8 Å². The third kappa shape index (κ3) is 2.82. The number of hydrogen-bond donors (Lipinski definition) is 3. The molecule has 4 N–H and O–H groups in total. The Morgan fingerprint density at radius 2 is 2.17 bits per heavy atom. The molecule has 18 heavy (non-hydrogen) atoms. The first kappa shape index (κ1) is 12.9. The van der Waals surface area contributed by atoms with Gasteiger partial charge in [-0.2, -0.15) is 0 Å². The molecule has 0 saturated heterocycles. The molecule has 4 heteroatoms. The number of amidine groups is 1. The third-order valence-corrected chi connectivity index (χ3v) is 3.83. The summed E-state index contributed by atoms with van der Waals surface area (Å²) >= 11 is 0. The Balaban J connectivity index is 1.96. The van der Waals surface area contributed by atoms with Crippen LogP contribution in [0.25, 0.3) is 0 Å². The summed E-state index contributed by atoms with van der Waals surface area (Å²) < 4.78 is 0. The van der Waals surface area contributed by atoms with Gasteiger partial charge in [0.25, 0.3) is 0 Å². The Morgan fingerprint density at radius 1 is 1.44 bits per heavy atom. The van der Waals surface area contributed by atoms with Gasteiger partial charge in [0.05, 0.1) is 0 Å². The SMILES string of the molecule is CC1(CNCc2ccccc2/C(N)=N/O)CCC1. The molecule has 98 valence electrons. The Bertz CT molecular complexity index is 438. The van der Waals surface area contributed by atoms with Gasteiger partial charge >= 0.3 is 0 Å². The van der Waals surface area contributed by atoms with Gasteiger partial charge in [0.2, 0.25) is 0 Å². The van der Waals surface area contributed by atoms with E-state index in [4.69, 9.17) is 10.9 Å². The normalized spacial score (nSPS) is 18.4. The van der Waals surface area contributed by atoms with Crippen LogP contribution in [0.4, 0.5) is 0 Å². The average molecular weight is 247 g/mol. The van der Waals surface area contributed by atoms with Crippen molar-refractivity contribution in [2.24, 2.45) is 16.3 Å². The zero-order valence-electron chi connectivity index (χ0n) is 10.8. The van der Waals surface area contributed by atoms with Crippen molar-refractivity contribution >= 4 is 5.84 Å². The fourth-order valence-electron chi connectivity index (χ4n) is 2.43. The van der Waals surface area contributed by atoms with Crippen molar-refractivity contribution < 1.29 is 5.21 Å². The zero-order chi connectivity index (χ0) is 13.0. The highest BCUT2D eigenvalue weighted by molar-refractivity contribution is 5.98. The minimum Gasteiger partial charge on any atom is -0.409 e. The number of rotatable bonds is 5. The monoisotopic (exact) mass is 247 g/mol. The average Bonchev–Trinajstić information content (AvgIpc) is 2.36. The van der Waals surface area contributed by atoms with Gasteiger partial charge in [0.15, 0.2) is 5.84 Å². The lowest BCUT2D eigenvalue weighted by Gasteiger charge is -2.38. The van der Waals surface area contributed by atoms with Crippen molar-refractivity contribution in [2.45, 2.75) is 32.7 Å². The van der Waals surface area contributed by atoms with Crippen LogP contribution in [0, 0.1) is 5.41 Å². The van der Waals surface area contributed by atoms with E-state index in [-0.39, 0.29) is 5.84 Å². The van der Waals surface area contributed by atoms with Crippen molar-refractivity contribution in [1.82, 2.24) is 5.32 Å². The molecule has 0 heterocycles. The molecule has 1 aliphatic rings. The Hall–Kier alpha value is -1.55. The molecule has 1 fully saturated rings. The summed E-state index contributed by atoms with van der Waals surface area (Å²) in [6.07, 6.45) is 3.96. The smallest absolute Gasteiger partial charge is 0.170 e. The second-order valence-corrected chi connectivity index (χ2v) is 5.41. The minimum absolute atomic E-state index is 0.169. The molecule has 4 nitrogen and oxygen atoms in total. The van der Waals surface area contributed by atoms with E-state index in [0.29, 0.717) is 5.41 Å². The van der Waals surface area contributed by atoms with Crippen molar-refractivity contribution in [3.63, 3.8) is 0 Å². The lowest BCUT2D eigenvalue weighted by Crippen LogP contribution is -2.37. The van der Waals surface area contributed by atoms with E-state index in [1.165, 1.54) is 19.3 Å². The second kappa shape index (κ2) is 5.40. The largest absolute Gasteiger partial charge is 0.409 e. The molecule has 1 aromatic rings. The number of hydrogen-bond acceptors (Lipinski definition) is 3. The molecule has 1 saturated carbocycles. The van der Waals surface area contributed by atoms with Gasteiger partial charge in [-0.25, -0.2) is 0 Å². The first-order chi connectivity index (χ1) is 8.64. The number of nitrogens with zero attached hydrogens (tertiary/aromatic N) is 1. The molecular weight excluding hydrogens is 226 g/mol. The summed E-state index contributed by atoms with van der Waals surface area (Å²) in [5.74, 6) is 0.169. The van der Waals surface area contributed by atoms with Crippen LogP contribution >= 0.6 is 0 Å². The summed E-state index contributed by atoms with van der Waals surface area (Å²) in [7, 11) is 0. The second-order valence-electron chi connectivity index (χ2n) is 5.41. The maximum absolute atomic E-state index is 8.76. The van der Waals surface area contributed by atoms with E-state index >= 15 is 0 Å². The third-order valence-electron chi connectivity index (χ3n) is 3.83. The van der Waals surface area contributed by atoms with Crippen molar-refractivity contribution in [3.8, 4) is 0 Å². The number of nitrogens with two attached hydrogens (primary N) is 1. The fourth-order valence-corrected chi connectivity index (χ4v) is 2.43.